The first kappa shape index (κ1) is 22.2. The third kappa shape index (κ3) is 6.50. The summed E-state index contributed by atoms with van der Waals surface area (Å²) in [6, 6.07) is 3.24. The van der Waals surface area contributed by atoms with Crippen molar-refractivity contribution in [2.75, 3.05) is 13.2 Å². The van der Waals surface area contributed by atoms with Gasteiger partial charge in [-0.3, -0.25) is 9.78 Å². The Hall–Kier alpha value is -2.52. The zero-order valence-corrected chi connectivity index (χ0v) is 17.6. The van der Waals surface area contributed by atoms with E-state index >= 15 is 0 Å². The molecule has 0 radical (unpaired) electrons. The normalized spacial score (nSPS) is 18.9. The Kier molecular flexibility index (Phi) is 7.75. The maximum absolute atomic E-state index is 14.5. The first-order chi connectivity index (χ1) is 14.4. The minimum Gasteiger partial charge on any atom is -0.475 e. The van der Waals surface area contributed by atoms with Crippen LogP contribution in [0.2, 0.25) is 5.02 Å². The van der Waals surface area contributed by atoms with Crippen LogP contribution in [0, 0.1) is 11.7 Å². The number of aromatic nitrogens is 3. The van der Waals surface area contributed by atoms with Crippen LogP contribution in [0.3, 0.4) is 0 Å². The molecule has 0 bridgehead atoms. The molecule has 162 valence electrons. The molecule has 0 spiro atoms. The molecule has 3 rings (SSSR count). The number of amides is 1. The van der Waals surface area contributed by atoms with E-state index in [9.17, 15) is 9.18 Å². The summed E-state index contributed by atoms with van der Waals surface area (Å²) in [5, 5.41) is 3.29. The smallest absolute Gasteiger partial charge is 0.258 e. The van der Waals surface area contributed by atoms with Gasteiger partial charge in [-0.25, -0.2) is 0 Å². The average Bonchev–Trinajstić information content (AvgIpc) is 2.66. The van der Waals surface area contributed by atoms with E-state index in [1.54, 1.807) is 18.3 Å². The molecule has 2 aromatic heterocycles. The van der Waals surface area contributed by atoms with Crippen LogP contribution in [0.5, 0.6) is 11.8 Å². The molecule has 8 nitrogen and oxygen atoms in total. The number of carbonyl (C=O) groups is 1. The molecule has 1 amide bonds. The number of carbonyl (C=O) groups excluding carboxylic acids is 1. The monoisotopic (exact) mass is 438 g/mol. The van der Waals surface area contributed by atoms with Crippen molar-refractivity contribution in [3.63, 3.8) is 0 Å². The van der Waals surface area contributed by atoms with E-state index in [2.05, 4.69) is 20.3 Å². The summed E-state index contributed by atoms with van der Waals surface area (Å²) in [6.07, 6.45) is 4.47. The second-order valence-corrected chi connectivity index (χ2v) is 7.69. The second kappa shape index (κ2) is 10.5. The van der Waals surface area contributed by atoms with Crippen LogP contribution in [0.4, 0.5) is 4.39 Å². The summed E-state index contributed by atoms with van der Waals surface area (Å²) in [5.74, 6) is -0.937. The summed E-state index contributed by atoms with van der Waals surface area (Å²) in [6.45, 7) is 4.17. The molecule has 1 N–H and O–H groups in total. The third-order valence-electron chi connectivity index (χ3n) is 4.54. The zero-order valence-electron chi connectivity index (χ0n) is 16.8. The van der Waals surface area contributed by atoms with Crippen LogP contribution < -0.4 is 14.8 Å². The minimum absolute atomic E-state index is 0.0203. The van der Waals surface area contributed by atoms with Crippen LogP contribution >= 0.6 is 11.6 Å². The minimum atomic E-state index is -0.754. The van der Waals surface area contributed by atoms with Crippen molar-refractivity contribution in [2.24, 2.45) is 5.92 Å². The highest BCUT2D eigenvalue weighted by Gasteiger charge is 2.31. The first-order valence-electron chi connectivity index (χ1n) is 9.66. The lowest BCUT2D eigenvalue weighted by atomic mass is 9.83. The van der Waals surface area contributed by atoms with Crippen molar-refractivity contribution >= 4 is 17.5 Å². The molecule has 0 aliphatic heterocycles. The molecule has 1 fully saturated rings. The number of rotatable bonds is 10. The first-order valence-corrected chi connectivity index (χ1v) is 10.0. The Bertz CT molecular complexity index is 866. The third-order valence-corrected chi connectivity index (χ3v) is 4.78. The predicted octanol–water partition coefficient (Wildman–Crippen LogP) is 2.94. The van der Waals surface area contributed by atoms with E-state index in [1.807, 2.05) is 6.92 Å². The molecule has 0 saturated heterocycles. The molecule has 2 aromatic rings. The Morgan fingerprint density at radius 1 is 1.30 bits per heavy atom. The van der Waals surface area contributed by atoms with Gasteiger partial charge in [-0.05, 0) is 37.8 Å². The second-order valence-electron chi connectivity index (χ2n) is 7.26. The Morgan fingerprint density at radius 3 is 2.73 bits per heavy atom. The van der Waals surface area contributed by atoms with Crippen molar-refractivity contribution in [1.29, 1.82) is 0 Å². The van der Waals surface area contributed by atoms with Gasteiger partial charge in [0.15, 0.2) is 0 Å². The summed E-state index contributed by atoms with van der Waals surface area (Å²) in [5.41, 5.74) is 0.552. The van der Waals surface area contributed by atoms with Crippen molar-refractivity contribution in [2.45, 2.75) is 45.4 Å². The fraction of sp³-hybridized carbons (Fsp3) is 0.500. The fourth-order valence-electron chi connectivity index (χ4n) is 3.02. The highest BCUT2D eigenvalue weighted by atomic mass is 35.5. The van der Waals surface area contributed by atoms with E-state index < -0.39 is 5.82 Å². The van der Waals surface area contributed by atoms with Crippen LogP contribution in [-0.4, -0.2) is 46.2 Å². The quantitative estimate of drug-likeness (QED) is 0.609. The van der Waals surface area contributed by atoms with Crippen molar-refractivity contribution in [3.05, 3.63) is 41.2 Å². The van der Waals surface area contributed by atoms with Gasteiger partial charge in [0.2, 0.25) is 11.7 Å². The van der Waals surface area contributed by atoms with E-state index in [0.717, 1.165) is 12.8 Å². The van der Waals surface area contributed by atoms with Crippen molar-refractivity contribution < 1.29 is 23.4 Å². The molecule has 0 unspecified atom stereocenters. The standard InChI is InChI=1S/C20H24ClFN4O4/c1-12(26-13(2)27)8-28-17-5-14(6-17)9-29-19-18(22)20(25-11-24-19)30-10-16-7-15(21)3-4-23-16/h3-4,7,11-12,14,17H,5-6,8-10H2,1-2H3,(H,26,27)/t12-,14-,17-/m0/s1. The summed E-state index contributed by atoms with van der Waals surface area (Å²) in [7, 11) is 0. The number of hydrogen-bond donors (Lipinski definition) is 1. The van der Waals surface area contributed by atoms with Gasteiger partial charge in [-0.2, -0.15) is 14.4 Å². The predicted molar refractivity (Wildman–Crippen MR) is 107 cm³/mol. The molecule has 0 aromatic carbocycles. The molecular formula is C20H24ClFN4O4. The lowest BCUT2D eigenvalue weighted by Crippen LogP contribution is -2.40. The number of nitrogens with zero attached hydrogens (tertiary/aromatic N) is 3. The largest absolute Gasteiger partial charge is 0.475 e. The zero-order chi connectivity index (χ0) is 21.5. The lowest BCUT2D eigenvalue weighted by Gasteiger charge is -2.35. The van der Waals surface area contributed by atoms with E-state index in [1.165, 1.54) is 13.3 Å². The lowest BCUT2D eigenvalue weighted by molar-refractivity contribution is -0.120. The molecular weight excluding hydrogens is 415 g/mol. The number of hydrogen-bond acceptors (Lipinski definition) is 7. The van der Waals surface area contributed by atoms with Gasteiger partial charge in [0.05, 0.1) is 25.0 Å². The van der Waals surface area contributed by atoms with Crippen molar-refractivity contribution in [1.82, 2.24) is 20.3 Å². The summed E-state index contributed by atoms with van der Waals surface area (Å²) in [4.78, 5) is 22.7. The Morgan fingerprint density at radius 2 is 2.03 bits per heavy atom. The highest BCUT2D eigenvalue weighted by Crippen LogP contribution is 2.31. The highest BCUT2D eigenvalue weighted by molar-refractivity contribution is 6.30. The van der Waals surface area contributed by atoms with Crippen LogP contribution in [0.15, 0.2) is 24.7 Å². The van der Waals surface area contributed by atoms with Gasteiger partial charge < -0.3 is 19.5 Å². The molecule has 30 heavy (non-hydrogen) atoms. The number of pyridine rings is 1. The van der Waals surface area contributed by atoms with E-state index in [0.29, 0.717) is 23.9 Å². The van der Waals surface area contributed by atoms with Crippen molar-refractivity contribution in [3.8, 4) is 11.8 Å². The summed E-state index contributed by atoms with van der Waals surface area (Å²) < 4.78 is 31.2. The van der Waals surface area contributed by atoms with E-state index in [4.69, 9.17) is 25.8 Å². The fourth-order valence-corrected chi connectivity index (χ4v) is 3.20. The molecule has 1 aliphatic carbocycles. The van der Waals surface area contributed by atoms with Gasteiger partial charge in [-0.1, -0.05) is 11.6 Å². The van der Waals surface area contributed by atoms with Gasteiger partial charge in [0.25, 0.3) is 11.8 Å². The Labute approximate surface area is 179 Å². The van der Waals surface area contributed by atoms with Gasteiger partial charge >= 0.3 is 0 Å². The molecule has 1 saturated carbocycles. The number of halogens is 2. The molecule has 1 aliphatic rings. The molecule has 10 heteroatoms. The summed E-state index contributed by atoms with van der Waals surface area (Å²) >= 11 is 5.90. The number of nitrogens with one attached hydrogen (secondary N) is 1. The maximum Gasteiger partial charge on any atom is 0.258 e. The topological polar surface area (TPSA) is 95.5 Å². The van der Waals surface area contributed by atoms with Gasteiger partial charge in [-0.15, -0.1) is 0 Å². The molecule has 1 atom stereocenters. The van der Waals surface area contributed by atoms with Crippen LogP contribution in [0.1, 0.15) is 32.4 Å². The van der Waals surface area contributed by atoms with Crippen LogP contribution in [0.25, 0.3) is 0 Å². The number of ether oxygens (including phenoxy) is 3. The SMILES string of the molecule is CC(=O)N[C@@H](C)CO[C@H]1C[C@H](COc2ncnc(OCc3cc(Cl)ccn3)c2F)C1. The van der Waals surface area contributed by atoms with E-state index in [-0.39, 0.29) is 42.3 Å². The molecule has 2 heterocycles. The van der Waals surface area contributed by atoms with Crippen LogP contribution in [-0.2, 0) is 16.1 Å². The van der Waals surface area contributed by atoms with Gasteiger partial charge in [0, 0.05) is 24.2 Å². The Balaban J connectivity index is 1.41. The van der Waals surface area contributed by atoms with Gasteiger partial charge in [0.1, 0.15) is 12.9 Å². The average molecular weight is 439 g/mol. The maximum atomic E-state index is 14.5.